The van der Waals surface area contributed by atoms with E-state index in [9.17, 15) is 13.2 Å². The number of aromatic nitrogens is 1. The minimum atomic E-state index is -4.45. The number of nitrogens with zero attached hydrogens (tertiary/aromatic N) is 1. The molecular weight excluding hydrogens is 382 g/mol. The number of pyridine rings is 1. The molecule has 7 heteroatoms. The van der Waals surface area contributed by atoms with Gasteiger partial charge in [0.25, 0.3) is 0 Å². The van der Waals surface area contributed by atoms with E-state index in [0.717, 1.165) is 15.8 Å². The number of alkyl halides is 3. The standard InChI is InChI=1S/C13H11F3IN3/c14-13(15,16)10-5-6-19-7-9(10)12(20-18)8-3-1-2-4-11(8)17/h1-7,12,20H,18H2. The van der Waals surface area contributed by atoms with Crippen molar-refractivity contribution in [2.24, 2.45) is 5.84 Å². The monoisotopic (exact) mass is 393 g/mol. The topological polar surface area (TPSA) is 50.9 Å². The quantitative estimate of drug-likeness (QED) is 0.478. The van der Waals surface area contributed by atoms with Gasteiger partial charge < -0.3 is 0 Å². The third-order valence-corrected chi connectivity index (χ3v) is 3.83. The van der Waals surface area contributed by atoms with Gasteiger partial charge in [0, 0.05) is 21.5 Å². The zero-order valence-electron chi connectivity index (χ0n) is 10.2. The molecule has 2 rings (SSSR count). The lowest BCUT2D eigenvalue weighted by Gasteiger charge is -2.21. The molecule has 1 aromatic carbocycles. The van der Waals surface area contributed by atoms with Crippen LogP contribution in [-0.2, 0) is 6.18 Å². The molecule has 3 N–H and O–H groups in total. The van der Waals surface area contributed by atoms with Gasteiger partial charge in [0.05, 0.1) is 11.6 Å². The number of rotatable bonds is 3. The van der Waals surface area contributed by atoms with Gasteiger partial charge in [-0.05, 0) is 40.3 Å². The molecular formula is C13H11F3IN3. The minimum absolute atomic E-state index is 0.00613. The van der Waals surface area contributed by atoms with E-state index < -0.39 is 17.8 Å². The normalized spacial score (nSPS) is 13.2. The summed E-state index contributed by atoms with van der Waals surface area (Å²) in [5.41, 5.74) is 2.38. The Morgan fingerprint density at radius 3 is 2.45 bits per heavy atom. The zero-order valence-corrected chi connectivity index (χ0v) is 12.3. The van der Waals surface area contributed by atoms with Crippen molar-refractivity contribution in [2.45, 2.75) is 12.2 Å². The lowest BCUT2D eigenvalue weighted by atomic mass is 9.96. The first-order valence-corrected chi connectivity index (χ1v) is 6.74. The van der Waals surface area contributed by atoms with Gasteiger partial charge in [0.1, 0.15) is 0 Å². The second-order valence-corrected chi connectivity index (χ2v) is 5.24. The molecule has 1 atom stereocenters. The zero-order chi connectivity index (χ0) is 14.8. The highest BCUT2D eigenvalue weighted by Gasteiger charge is 2.35. The fourth-order valence-corrected chi connectivity index (χ4v) is 2.65. The summed E-state index contributed by atoms with van der Waals surface area (Å²) in [6, 6.07) is 7.30. The van der Waals surface area contributed by atoms with Gasteiger partial charge in [-0.1, -0.05) is 18.2 Å². The van der Waals surface area contributed by atoms with Crippen molar-refractivity contribution in [3.05, 3.63) is 63.0 Å². The Hall–Kier alpha value is -1.19. The van der Waals surface area contributed by atoms with Gasteiger partial charge in [-0.15, -0.1) is 0 Å². The van der Waals surface area contributed by atoms with Gasteiger partial charge in [-0.2, -0.15) is 13.2 Å². The van der Waals surface area contributed by atoms with Crippen LogP contribution in [0.25, 0.3) is 0 Å². The first-order valence-electron chi connectivity index (χ1n) is 5.67. The van der Waals surface area contributed by atoms with Gasteiger partial charge in [0.15, 0.2) is 0 Å². The summed E-state index contributed by atoms with van der Waals surface area (Å²) in [4.78, 5) is 3.78. The van der Waals surface area contributed by atoms with Crippen molar-refractivity contribution >= 4 is 22.6 Å². The minimum Gasteiger partial charge on any atom is -0.271 e. The van der Waals surface area contributed by atoms with Gasteiger partial charge in [-0.25, -0.2) is 5.43 Å². The largest absolute Gasteiger partial charge is 0.416 e. The molecule has 0 bridgehead atoms. The number of nitrogens with one attached hydrogen (secondary N) is 1. The lowest BCUT2D eigenvalue weighted by Crippen LogP contribution is -2.31. The number of halogens is 4. The number of nitrogens with two attached hydrogens (primary N) is 1. The fraction of sp³-hybridized carbons (Fsp3) is 0.154. The molecule has 2 aromatic rings. The van der Waals surface area contributed by atoms with Crippen molar-refractivity contribution in [2.75, 3.05) is 0 Å². The van der Waals surface area contributed by atoms with Crippen LogP contribution in [0.2, 0.25) is 0 Å². The van der Waals surface area contributed by atoms with Gasteiger partial charge >= 0.3 is 6.18 Å². The molecule has 0 aliphatic carbocycles. The van der Waals surface area contributed by atoms with E-state index in [1.165, 1.54) is 6.20 Å². The van der Waals surface area contributed by atoms with Crippen LogP contribution in [0.4, 0.5) is 13.2 Å². The third kappa shape index (κ3) is 3.10. The third-order valence-electron chi connectivity index (χ3n) is 2.85. The maximum atomic E-state index is 13.1. The van der Waals surface area contributed by atoms with Crippen molar-refractivity contribution in [1.29, 1.82) is 0 Å². The average Bonchev–Trinajstić information content (AvgIpc) is 2.41. The summed E-state index contributed by atoms with van der Waals surface area (Å²) in [6.07, 6.45) is -2.14. The highest BCUT2D eigenvalue weighted by molar-refractivity contribution is 14.1. The highest BCUT2D eigenvalue weighted by Crippen LogP contribution is 2.36. The number of benzene rings is 1. The van der Waals surface area contributed by atoms with Gasteiger partial charge in [-0.3, -0.25) is 10.8 Å². The Bertz CT molecular complexity index is 601. The second-order valence-electron chi connectivity index (χ2n) is 4.08. The highest BCUT2D eigenvalue weighted by atomic mass is 127. The molecule has 0 spiro atoms. The molecule has 0 aliphatic rings. The van der Waals surface area contributed by atoms with Crippen molar-refractivity contribution < 1.29 is 13.2 Å². The van der Waals surface area contributed by atoms with E-state index in [-0.39, 0.29) is 5.56 Å². The van der Waals surface area contributed by atoms with E-state index in [2.05, 4.69) is 33.0 Å². The average molecular weight is 393 g/mol. The summed E-state index contributed by atoms with van der Waals surface area (Å²) in [5.74, 6) is 5.47. The van der Waals surface area contributed by atoms with Crippen molar-refractivity contribution in [3.8, 4) is 0 Å². The summed E-state index contributed by atoms with van der Waals surface area (Å²) in [5, 5.41) is 0. The number of hydrogen-bond acceptors (Lipinski definition) is 3. The Balaban J connectivity index is 2.57. The molecule has 1 unspecified atom stereocenters. The Labute approximate surface area is 127 Å². The van der Waals surface area contributed by atoms with Crippen LogP contribution < -0.4 is 11.3 Å². The second kappa shape index (κ2) is 6.06. The molecule has 0 saturated heterocycles. The molecule has 0 saturated carbocycles. The van der Waals surface area contributed by atoms with Crippen LogP contribution in [0.5, 0.6) is 0 Å². The molecule has 0 aliphatic heterocycles. The first-order chi connectivity index (χ1) is 9.45. The van der Waals surface area contributed by atoms with E-state index in [1.807, 2.05) is 12.1 Å². The van der Waals surface area contributed by atoms with Crippen LogP contribution in [0.3, 0.4) is 0 Å². The lowest BCUT2D eigenvalue weighted by molar-refractivity contribution is -0.138. The summed E-state index contributed by atoms with van der Waals surface area (Å²) in [6.45, 7) is 0. The molecule has 0 amide bonds. The van der Waals surface area contributed by atoms with Crippen molar-refractivity contribution in [1.82, 2.24) is 10.4 Å². The first kappa shape index (κ1) is 15.2. The Kier molecular flexibility index (Phi) is 4.61. The molecule has 3 nitrogen and oxygen atoms in total. The maximum absolute atomic E-state index is 13.1. The van der Waals surface area contributed by atoms with E-state index in [0.29, 0.717) is 5.56 Å². The fourth-order valence-electron chi connectivity index (χ4n) is 1.95. The van der Waals surface area contributed by atoms with Crippen LogP contribution in [-0.4, -0.2) is 4.98 Å². The SMILES string of the molecule is NNC(c1ccccc1I)c1cnccc1C(F)(F)F. The van der Waals surface area contributed by atoms with Crippen molar-refractivity contribution in [3.63, 3.8) is 0 Å². The summed E-state index contributed by atoms with van der Waals surface area (Å²) < 4.78 is 40.0. The van der Waals surface area contributed by atoms with Crippen LogP contribution in [0.15, 0.2) is 42.7 Å². The van der Waals surface area contributed by atoms with E-state index in [1.54, 1.807) is 12.1 Å². The molecule has 1 heterocycles. The summed E-state index contributed by atoms with van der Waals surface area (Å²) in [7, 11) is 0. The molecule has 0 fully saturated rings. The van der Waals surface area contributed by atoms with Crippen LogP contribution in [0, 0.1) is 3.57 Å². The molecule has 1 aromatic heterocycles. The van der Waals surface area contributed by atoms with Crippen LogP contribution >= 0.6 is 22.6 Å². The predicted molar refractivity (Wildman–Crippen MR) is 77.6 cm³/mol. The molecule has 0 radical (unpaired) electrons. The number of hydrogen-bond donors (Lipinski definition) is 2. The predicted octanol–water partition coefficient (Wildman–Crippen LogP) is 3.26. The van der Waals surface area contributed by atoms with Crippen LogP contribution in [0.1, 0.15) is 22.7 Å². The smallest absolute Gasteiger partial charge is 0.271 e. The van der Waals surface area contributed by atoms with E-state index >= 15 is 0 Å². The summed E-state index contributed by atoms with van der Waals surface area (Å²) >= 11 is 2.06. The van der Waals surface area contributed by atoms with Gasteiger partial charge in [0.2, 0.25) is 0 Å². The Morgan fingerprint density at radius 1 is 1.15 bits per heavy atom. The maximum Gasteiger partial charge on any atom is 0.416 e. The molecule has 106 valence electrons. The Morgan fingerprint density at radius 2 is 1.85 bits per heavy atom. The molecule has 20 heavy (non-hydrogen) atoms. The number of hydrazine groups is 1. The van der Waals surface area contributed by atoms with E-state index in [4.69, 9.17) is 5.84 Å².